The van der Waals surface area contributed by atoms with E-state index in [0.29, 0.717) is 18.5 Å². The molecule has 3 aliphatic rings. The van der Waals surface area contributed by atoms with Crippen molar-refractivity contribution in [1.29, 1.82) is 0 Å². The zero-order valence-electron chi connectivity index (χ0n) is 19.4. The molecular weight excluding hydrogens is 439 g/mol. The van der Waals surface area contributed by atoms with Gasteiger partial charge in [-0.05, 0) is 48.6 Å². The third kappa shape index (κ3) is 4.95. The SMILES string of the molecule is O=C(NC1CCCCC1)[C@@H]1Cc2cc(C(F)(F)F)ccc2N2CCN(Cc3ccccc3)C[C@H]12. The van der Waals surface area contributed by atoms with Crippen molar-refractivity contribution in [3.8, 4) is 0 Å². The molecule has 0 radical (unpaired) electrons. The summed E-state index contributed by atoms with van der Waals surface area (Å²) in [6.07, 6.45) is 1.37. The van der Waals surface area contributed by atoms with E-state index in [1.165, 1.54) is 24.1 Å². The van der Waals surface area contributed by atoms with Crippen molar-refractivity contribution in [2.75, 3.05) is 24.5 Å². The zero-order valence-corrected chi connectivity index (χ0v) is 19.4. The van der Waals surface area contributed by atoms with E-state index in [1.54, 1.807) is 6.07 Å². The molecule has 0 aromatic heterocycles. The molecule has 34 heavy (non-hydrogen) atoms. The molecule has 1 saturated carbocycles. The van der Waals surface area contributed by atoms with Gasteiger partial charge in [0.25, 0.3) is 0 Å². The summed E-state index contributed by atoms with van der Waals surface area (Å²) in [5, 5.41) is 3.26. The Morgan fingerprint density at radius 1 is 1.00 bits per heavy atom. The minimum atomic E-state index is -4.39. The number of hydrogen-bond donors (Lipinski definition) is 1. The Labute approximate surface area is 199 Å². The van der Waals surface area contributed by atoms with E-state index in [-0.39, 0.29) is 23.9 Å². The standard InChI is InChI=1S/C27H32F3N3O/c28-27(29,30)21-11-12-24-20(15-21)16-23(26(34)31-22-9-5-2-6-10-22)25-18-32(13-14-33(24)25)17-19-7-3-1-4-8-19/h1,3-4,7-8,11-12,15,22-23,25H,2,5-6,9-10,13-14,16-18H2,(H,31,34)/t23-,25-/m1/s1. The number of amides is 1. The Morgan fingerprint density at radius 3 is 2.50 bits per heavy atom. The van der Waals surface area contributed by atoms with Crippen LogP contribution in [-0.4, -0.2) is 42.5 Å². The van der Waals surface area contributed by atoms with Crippen LogP contribution in [0, 0.1) is 5.92 Å². The number of piperazine rings is 1. The Bertz CT molecular complexity index is 1000. The van der Waals surface area contributed by atoms with Crippen molar-refractivity contribution < 1.29 is 18.0 Å². The first-order chi connectivity index (χ1) is 16.4. The highest BCUT2D eigenvalue weighted by molar-refractivity contribution is 5.82. The largest absolute Gasteiger partial charge is 0.416 e. The number of halogens is 3. The normalized spacial score (nSPS) is 23.8. The van der Waals surface area contributed by atoms with Gasteiger partial charge in [-0.1, -0.05) is 49.6 Å². The van der Waals surface area contributed by atoms with E-state index < -0.39 is 11.7 Å². The van der Waals surface area contributed by atoms with Crippen LogP contribution in [0.3, 0.4) is 0 Å². The molecule has 5 rings (SSSR count). The second-order valence-corrected chi connectivity index (χ2v) is 9.98. The first kappa shape index (κ1) is 23.2. The summed E-state index contributed by atoms with van der Waals surface area (Å²) in [5.41, 5.74) is 2.06. The fraction of sp³-hybridized carbons (Fsp3) is 0.519. The molecule has 1 N–H and O–H groups in total. The lowest BCUT2D eigenvalue weighted by molar-refractivity contribution is -0.137. The average Bonchev–Trinajstić information content (AvgIpc) is 2.83. The number of nitrogens with zero attached hydrogens (tertiary/aromatic N) is 2. The molecule has 2 fully saturated rings. The van der Waals surface area contributed by atoms with Crippen LogP contribution in [0.5, 0.6) is 0 Å². The Morgan fingerprint density at radius 2 is 1.76 bits per heavy atom. The van der Waals surface area contributed by atoms with Crippen LogP contribution < -0.4 is 10.2 Å². The highest BCUT2D eigenvalue weighted by Crippen LogP contribution is 2.40. The fourth-order valence-corrected chi connectivity index (χ4v) is 5.90. The van der Waals surface area contributed by atoms with E-state index in [4.69, 9.17) is 0 Å². The number of hydrogen-bond acceptors (Lipinski definition) is 3. The molecule has 2 aliphatic heterocycles. The van der Waals surface area contributed by atoms with Gasteiger partial charge in [-0.3, -0.25) is 9.69 Å². The molecule has 182 valence electrons. The molecule has 0 unspecified atom stereocenters. The van der Waals surface area contributed by atoms with Gasteiger partial charge >= 0.3 is 6.18 Å². The van der Waals surface area contributed by atoms with Crippen molar-refractivity contribution in [3.63, 3.8) is 0 Å². The van der Waals surface area contributed by atoms with Gasteiger partial charge in [0.1, 0.15) is 0 Å². The van der Waals surface area contributed by atoms with Crippen molar-refractivity contribution in [1.82, 2.24) is 10.2 Å². The van der Waals surface area contributed by atoms with Gasteiger partial charge in [0, 0.05) is 37.9 Å². The summed E-state index contributed by atoms with van der Waals surface area (Å²) in [6, 6.07) is 14.4. The number of nitrogens with one attached hydrogen (secondary N) is 1. The van der Waals surface area contributed by atoms with E-state index in [1.807, 2.05) is 18.2 Å². The Hall–Kier alpha value is -2.54. The molecule has 0 bridgehead atoms. The summed E-state index contributed by atoms with van der Waals surface area (Å²) in [5.74, 6) is -0.372. The lowest BCUT2D eigenvalue weighted by Crippen LogP contribution is -2.61. The number of carbonyl (C=O) groups excluding carboxylic acids is 1. The van der Waals surface area contributed by atoms with Crippen molar-refractivity contribution in [2.24, 2.45) is 5.92 Å². The molecule has 7 heteroatoms. The Balaban J connectivity index is 1.41. The zero-order chi connectivity index (χ0) is 23.7. The molecule has 2 atom stereocenters. The summed E-state index contributed by atoms with van der Waals surface area (Å²) >= 11 is 0. The summed E-state index contributed by atoms with van der Waals surface area (Å²) in [6.45, 7) is 3.03. The predicted molar refractivity (Wildman–Crippen MR) is 127 cm³/mol. The van der Waals surface area contributed by atoms with Crippen LogP contribution in [0.25, 0.3) is 0 Å². The smallest absolute Gasteiger partial charge is 0.365 e. The van der Waals surface area contributed by atoms with E-state index in [0.717, 1.165) is 51.0 Å². The third-order valence-electron chi connectivity index (χ3n) is 7.66. The topological polar surface area (TPSA) is 35.6 Å². The first-order valence-electron chi connectivity index (χ1n) is 12.4. The number of anilines is 1. The maximum Gasteiger partial charge on any atom is 0.416 e. The lowest BCUT2D eigenvalue weighted by atomic mass is 9.82. The maximum absolute atomic E-state index is 13.5. The molecule has 0 spiro atoms. The fourth-order valence-electron chi connectivity index (χ4n) is 5.90. The van der Waals surface area contributed by atoms with E-state index in [9.17, 15) is 18.0 Å². The van der Waals surface area contributed by atoms with Gasteiger partial charge in [0.05, 0.1) is 17.5 Å². The summed E-state index contributed by atoms with van der Waals surface area (Å²) < 4.78 is 40.2. The van der Waals surface area contributed by atoms with E-state index >= 15 is 0 Å². The molecule has 2 aromatic rings. The van der Waals surface area contributed by atoms with Gasteiger partial charge in [-0.25, -0.2) is 0 Å². The molecular formula is C27H32F3N3O. The van der Waals surface area contributed by atoms with Crippen LogP contribution >= 0.6 is 0 Å². The molecule has 1 aliphatic carbocycles. The number of carbonyl (C=O) groups is 1. The van der Waals surface area contributed by atoms with E-state index in [2.05, 4.69) is 27.2 Å². The molecule has 2 aromatic carbocycles. The third-order valence-corrected chi connectivity index (χ3v) is 7.66. The second-order valence-electron chi connectivity index (χ2n) is 9.98. The summed E-state index contributed by atoms with van der Waals surface area (Å²) in [7, 11) is 0. The van der Waals surface area contributed by atoms with Crippen molar-refractivity contribution in [3.05, 3.63) is 65.2 Å². The highest BCUT2D eigenvalue weighted by atomic mass is 19.4. The van der Waals surface area contributed by atoms with Gasteiger partial charge in [0.2, 0.25) is 5.91 Å². The van der Waals surface area contributed by atoms with Gasteiger partial charge in [-0.2, -0.15) is 13.2 Å². The van der Waals surface area contributed by atoms with Crippen LogP contribution in [0.2, 0.25) is 0 Å². The minimum absolute atomic E-state index is 0.00785. The molecule has 4 nitrogen and oxygen atoms in total. The quantitative estimate of drug-likeness (QED) is 0.681. The average molecular weight is 472 g/mol. The van der Waals surface area contributed by atoms with Crippen molar-refractivity contribution >= 4 is 11.6 Å². The molecule has 1 amide bonds. The summed E-state index contributed by atoms with van der Waals surface area (Å²) in [4.78, 5) is 18.1. The van der Waals surface area contributed by atoms with Gasteiger partial charge in [0.15, 0.2) is 0 Å². The molecule has 2 heterocycles. The maximum atomic E-state index is 13.5. The number of alkyl halides is 3. The van der Waals surface area contributed by atoms with Crippen LogP contribution in [0.1, 0.15) is 48.8 Å². The first-order valence-corrected chi connectivity index (χ1v) is 12.4. The van der Waals surface area contributed by atoms with Crippen LogP contribution in [0.4, 0.5) is 18.9 Å². The lowest BCUT2D eigenvalue weighted by Gasteiger charge is -2.49. The van der Waals surface area contributed by atoms with Gasteiger partial charge < -0.3 is 10.2 Å². The number of rotatable bonds is 4. The van der Waals surface area contributed by atoms with Crippen LogP contribution in [0.15, 0.2) is 48.5 Å². The minimum Gasteiger partial charge on any atom is -0.365 e. The van der Waals surface area contributed by atoms with Crippen molar-refractivity contribution in [2.45, 2.75) is 63.3 Å². The predicted octanol–water partition coefficient (Wildman–Crippen LogP) is 5.02. The highest BCUT2D eigenvalue weighted by Gasteiger charge is 2.43. The monoisotopic (exact) mass is 471 g/mol. The second kappa shape index (κ2) is 9.61. The molecule has 1 saturated heterocycles. The van der Waals surface area contributed by atoms with Gasteiger partial charge in [-0.15, -0.1) is 0 Å². The number of benzene rings is 2. The van der Waals surface area contributed by atoms with Crippen LogP contribution in [-0.2, 0) is 23.9 Å². The Kier molecular flexibility index (Phi) is 6.56. The number of fused-ring (bicyclic) bond motifs is 3.